The van der Waals surface area contributed by atoms with E-state index in [4.69, 9.17) is 5.73 Å². The lowest BCUT2D eigenvalue weighted by Crippen LogP contribution is -2.31. The quantitative estimate of drug-likeness (QED) is 0.679. The highest BCUT2D eigenvalue weighted by molar-refractivity contribution is 5.76. The van der Waals surface area contributed by atoms with Crippen LogP contribution in [-0.2, 0) is 4.79 Å². The Labute approximate surface area is 121 Å². The Hall–Kier alpha value is -1.39. The summed E-state index contributed by atoms with van der Waals surface area (Å²) in [4.78, 5) is 11.9. The average Bonchev–Trinajstić information content (AvgIpc) is 2.44. The third kappa shape index (κ3) is 6.17. The van der Waals surface area contributed by atoms with Crippen LogP contribution in [0.4, 0.5) is 0 Å². The number of nitrogens with one attached hydrogen (secondary N) is 1. The molecule has 0 fully saturated rings. The predicted molar refractivity (Wildman–Crippen MR) is 81.0 cm³/mol. The molecule has 0 saturated heterocycles. The van der Waals surface area contributed by atoms with Crippen LogP contribution in [0.1, 0.15) is 38.4 Å². The smallest absolute Gasteiger partial charge is 0.220 e. The van der Waals surface area contributed by atoms with E-state index in [0.29, 0.717) is 18.9 Å². The van der Waals surface area contributed by atoms with Gasteiger partial charge >= 0.3 is 0 Å². The molecule has 0 aromatic heterocycles. The zero-order chi connectivity index (χ0) is 15.0. The van der Waals surface area contributed by atoms with Gasteiger partial charge in [-0.15, -0.1) is 0 Å². The van der Waals surface area contributed by atoms with Crippen molar-refractivity contribution in [3.8, 4) is 0 Å². The Morgan fingerprint density at radius 1 is 1.30 bits per heavy atom. The Balaban J connectivity index is 2.35. The molecule has 4 nitrogen and oxygen atoms in total. The summed E-state index contributed by atoms with van der Waals surface area (Å²) < 4.78 is 0. The lowest BCUT2D eigenvalue weighted by Gasteiger charge is -2.17. The highest BCUT2D eigenvalue weighted by atomic mass is 16.3. The molecule has 0 saturated carbocycles. The molecule has 0 heterocycles. The third-order valence-electron chi connectivity index (χ3n) is 3.29. The summed E-state index contributed by atoms with van der Waals surface area (Å²) in [6, 6.07) is 9.32. The van der Waals surface area contributed by atoms with Crippen molar-refractivity contribution in [2.45, 2.75) is 32.8 Å². The van der Waals surface area contributed by atoms with Crippen molar-refractivity contribution in [1.82, 2.24) is 5.32 Å². The van der Waals surface area contributed by atoms with Crippen LogP contribution in [0.15, 0.2) is 30.3 Å². The topological polar surface area (TPSA) is 75.4 Å². The summed E-state index contributed by atoms with van der Waals surface area (Å²) in [5.74, 6) is 0.700. The minimum Gasteiger partial charge on any atom is -0.387 e. The Bertz CT molecular complexity index is 393. The van der Waals surface area contributed by atoms with Crippen LogP contribution < -0.4 is 11.1 Å². The van der Waals surface area contributed by atoms with E-state index >= 15 is 0 Å². The van der Waals surface area contributed by atoms with Crippen molar-refractivity contribution in [3.05, 3.63) is 35.9 Å². The highest BCUT2D eigenvalue weighted by Gasteiger charge is 2.15. The molecule has 1 rings (SSSR count). The largest absolute Gasteiger partial charge is 0.387 e. The van der Waals surface area contributed by atoms with Crippen LogP contribution in [0.3, 0.4) is 0 Å². The number of carbonyl (C=O) groups is 1. The number of rotatable bonds is 8. The van der Waals surface area contributed by atoms with E-state index in [1.54, 1.807) is 0 Å². The van der Waals surface area contributed by atoms with Crippen molar-refractivity contribution >= 4 is 5.91 Å². The molecule has 2 atom stereocenters. The van der Waals surface area contributed by atoms with E-state index in [-0.39, 0.29) is 18.4 Å². The van der Waals surface area contributed by atoms with Crippen molar-refractivity contribution in [2.75, 3.05) is 13.1 Å². The first-order valence-electron chi connectivity index (χ1n) is 7.22. The van der Waals surface area contributed by atoms with E-state index in [2.05, 4.69) is 19.2 Å². The SMILES string of the molecule is CC(C)CC(CN)CC(=O)NCC(O)c1ccccc1. The zero-order valence-electron chi connectivity index (χ0n) is 12.4. The first-order chi connectivity index (χ1) is 9.52. The van der Waals surface area contributed by atoms with Gasteiger partial charge < -0.3 is 16.2 Å². The fourth-order valence-corrected chi connectivity index (χ4v) is 2.27. The average molecular weight is 278 g/mol. The van der Waals surface area contributed by atoms with Crippen LogP contribution in [0.25, 0.3) is 0 Å². The molecule has 1 aromatic carbocycles. The van der Waals surface area contributed by atoms with Gasteiger partial charge in [-0.2, -0.15) is 0 Å². The molecule has 4 N–H and O–H groups in total. The molecule has 1 aromatic rings. The number of aliphatic hydroxyl groups excluding tert-OH is 1. The molecule has 0 aliphatic heterocycles. The van der Waals surface area contributed by atoms with Crippen molar-refractivity contribution < 1.29 is 9.90 Å². The Morgan fingerprint density at radius 3 is 2.50 bits per heavy atom. The van der Waals surface area contributed by atoms with Crippen molar-refractivity contribution in [2.24, 2.45) is 17.6 Å². The second kappa shape index (κ2) is 8.72. The fourth-order valence-electron chi connectivity index (χ4n) is 2.27. The van der Waals surface area contributed by atoms with E-state index in [1.165, 1.54) is 0 Å². The van der Waals surface area contributed by atoms with Gasteiger partial charge in [0.25, 0.3) is 0 Å². The molecule has 112 valence electrons. The first-order valence-corrected chi connectivity index (χ1v) is 7.22. The zero-order valence-corrected chi connectivity index (χ0v) is 12.4. The molecule has 0 spiro atoms. The second-order valence-corrected chi connectivity index (χ2v) is 5.67. The number of nitrogens with two attached hydrogens (primary N) is 1. The number of aliphatic hydroxyl groups is 1. The fraction of sp³-hybridized carbons (Fsp3) is 0.562. The molecule has 1 amide bonds. The number of hydrogen-bond donors (Lipinski definition) is 3. The molecule has 20 heavy (non-hydrogen) atoms. The van der Waals surface area contributed by atoms with E-state index in [9.17, 15) is 9.90 Å². The summed E-state index contributed by atoms with van der Waals surface area (Å²) >= 11 is 0. The number of amides is 1. The predicted octanol–water partition coefficient (Wildman–Crippen LogP) is 1.85. The molecule has 2 unspecified atom stereocenters. The summed E-state index contributed by atoms with van der Waals surface area (Å²) in [6.45, 7) is 5.01. The van der Waals surface area contributed by atoms with E-state index in [1.807, 2.05) is 30.3 Å². The maximum absolute atomic E-state index is 11.9. The van der Waals surface area contributed by atoms with Crippen LogP contribution in [0, 0.1) is 11.8 Å². The van der Waals surface area contributed by atoms with E-state index in [0.717, 1.165) is 12.0 Å². The van der Waals surface area contributed by atoms with Gasteiger partial charge in [-0.3, -0.25) is 4.79 Å². The normalized spacial score (nSPS) is 14.1. The maximum atomic E-state index is 11.9. The molecular formula is C16H26N2O2. The van der Waals surface area contributed by atoms with Gasteiger partial charge in [0.05, 0.1) is 6.10 Å². The van der Waals surface area contributed by atoms with Crippen LogP contribution in [-0.4, -0.2) is 24.1 Å². The minimum atomic E-state index is -0.665. The van der Waals surface area contributed by atoms with Gasteiger partial charge in [0, 0.05) is 13.0 Å². The standard InChI is InChI=1S/C16H26N2O2/c1-12(2)8-13(10-17)9-16(20)18-11-15(19)14-6-4-3-5-7-14/h3-7,12-13,15,19H,8-11,17H2,1-2H3,(H,18,20). The molecule has 0 bridgehead atoms. The van der Waals surface area contributed by atoms with E-state index < -0.39 is 6.10 Å². The second-order valence-electron chi connectivity index (χ2n) is 5.67. The third-order valence-corrected chi connectivity index (χ3v) is 3.29. The van der Waals surface area contributed by atoms with Crippen LogP contribution >= 0.6 is 0 Å². The summed E-state index contributed by atoms with van der Waals surface area (Å²) in [5, 5.41) is 12.7. The van der Waals surface area contributed by atoms with Crippen LogP contribution in [0.5, 0.6) is 0 Å². The summed E-state index contributed by atoms with van der Waals surface area (Å²) in [5.41, 5.74) is 6.50. The molecule has 0 aliphatic rings. The Kier molecular flexibility index (Phi) is 7.26. The molecule has 0 radical (unpaired) electrons. The number of carbonyl (C=O) groups excluding carboxylic acids is 1. The van der Waals surface area contributed by atoms with Crippen LogP contribution in [0.2, 0.25) is 0 Å². The summed E-state index contributed by atoms with van der Waals surface area (Å²) in [7, 11) is 0. The van der Waals surface area contributed by atoms with Gasteiger partial charge in [0.1, 0.15) is 0 Å². The lowest BCUT2D eigenvalue weighted by molar-refractivity contribution is -0.122. The first kappa shape index (κ1) is 16.7. The monoisotopic (exact) mass is 278 g/mol. The number of benzene rings is 1. The van der Waals surface area contributed by atoms with Gasteiger partial charge in [-0.05, 0) is 30.4 Å². The van der Waals surface area contributed by atoms with Gasteiger partial charge in [0.15, 0.2) is 0 Å². The van der Waals surface area contributed by atoms with Gasteiger partial charge in [-0.1, -0.05) is 44.2 Å². The van der Waals surface area contributed by atoms with Crippen molar-refractivity contribution in [1.29, 1.82) is 0 Å². The highest BCUT2D eigenvalue weighted by Crippen LogP contribution is 2.15. The number of hydrogen-bond acceptors (Lipinski definition) is 3. The minimum absolute atomic E-state index is 0.0453. The Morgan fingerprint density at radius 2 is 1.95 bits per heavy atom. The van der Waals surface area contributed by atoms with Gasteiger partial charge in [-0.25, -0.2) is 0 Å². The maximum Gasteiger partial charge on any atom is 0.220 e. The molecule has 4 heteroatoms. The molecule has 0 aliphatic carbocycles. The molecular weight excluding hydrogens is 252 g/mol. The lowest BCUT2D eigenvalue weighted by atomic mass is 9.94. The summed E-state index contributed by atoms with van der Waals surface area (Å²) in [6.07, 6.45) is 0.711. The van der Waals surface area contributed by atoms with Gasteiger partial charge in [0.2, 0.25) is 5.91 Å². The van der Waals surface area contributed by atoms with Crippen molar-refractivity contribution in [3.63, 3.8) is 0 Å².